The van der Waals surface area contributed by atoms with E-state index in [0.717, 1.165) is 16.9 Å². The second kappa shape index (κ2) is 6.90. The van der Waals surface area contributed by atoms with E-state index in [1.54, 1.807) is 6.26 Å². The van der Waals surface area contributed by atoms with Crippen molar-refractivity contribution in [1.82, 2.24) is 9.97 Å². The summed E-state index contributed by atoms with van der Waals surface area (Å²) in [4.78, 5) is 22.2. The molecule has 0 saturated heterocycles. The van der Waals surface area contributed by atoms with E-state index < -0.39 is 0 Å². The van der Waals surface area contributed by atoms with Crippen LogP contribution in [0.3, 0.4) is 0 Å². The fraction of sp³-hybridized carbons (Fsp3) is 0.200. The molecule has 0 spiro atoms. The lowest BCUT2D eigenvalue weighted by Crippen LogP contribution is -3.06. The summed E-state index contributed by atoms with van der Waals surface area (Å²) in [6.07, 6.45) is 1.61. The van der Waals surface area contributed by atoms with Crippen LogP contribution in [0.2, 0.25) is 0 Å². The van der Waals surface area contributed by atoms with Gasteiger partial charge in [-0.1, -0.05) is 29.8 Å². The van der Waals surface area contributed by atoms with E-state index in [0.29, 0.717) is 23.5 Å². The topological polar surface area (TPSA) is 63.3 Å². The second-order valence-electron chi connectivity index (χ2n) is 6.62. The van der Waals surface area contributed by atoms with Gasteiger partial charge < -0.3 is 14.3 Å². The van der Waals surface area contributed by atoms with Crippen LogP contribution in [0, 0.1) is 6.92 Å². The zero-order valence-corrected chi connectivity index (χ0v) is 15.5. The van der Waals surface area contributed by atoms with Gasteiger partial charge >= 0.3 is 0 Å². The molecule has 0 aliphatic carbocycles. The molecule has 0 fully saturated rings. The maximum absolute atomic E-state index is 12.6. The highest BCUT2D eigenvalue weighted by Gasteiger charge is 2.16. The third-order valence-corrected chi connectivity index (χ3v) is 5.25. The largest absolute Gasteiger partial charge is 0.464 e. The molecule has 4 rings (SSSR count). The van der Waals surface area contributed by atoms with E-state index in [4.69, 9.17) is 4.42 Å². The Kier molecular flexibility index (Phi) is 4.44. The first-order valence-electron chi connectivity index (χ1n) is 8.51. The molecule has 2 N–H and O–H groups in total. The number of aromatic amines is 1. The normalized spacial score (nSPS) is 12.5. The number of fused-ring (bicyclic) bond motifs is 1. The van der Waals surface area contributed by atoms with Crippen LogP contribution in [-0.2, 0) is 13.1 Å². The number of nitrogens with zero attached hydrogens (tertiary/aromatic N) is 1. The van der Waals surface area contributed by atoms with E-state index in [9.17, 15) is 4.79 Å². The number of quaternary nitrogens is 1. The predicted molar refractivity (Wildman–Crippen MR) is 103 cm³/mol. The molecule has 26 heavy (non-hydrogen) atoms. The standard InChI is InChI=1S/C20H19N3O2S/c1-13-5-7-14(8-6-13)10-23(2)11-17-21-19(24)18-15(12-26-20(18)22-17)16-4-3-9-25-16/h3-9,12H,10-11H2,1-2H3,(H,21,22,24)/p+1. The fourth-order valence-electron chi connectivity index (χ4n) is 3.09. The number of hydrogen-bond acceptors (Lipinski definition) is 4. The lowest BCUT2D eigenvalue weighted by Gasteiger charge is -2.13. The first-order chi connectivity index (χ1) is 12.6. The highest BCUT2D eigenvalue weighted by atomic mass is 32.1. The average molecular weight is 366 g/mol. The Morgan fingerprint density at radius 2 is 2.00 bits per heavy atom. The van der Waals surface area contributed by atoms with Crippen LogP contribution in [0.25, 0.3) is 21.5 Å². The molecule has 0 radical (unpaired) electrons. The molecule has 3 heterocycles. The summed E-state index contributed by atoms with van der Waals surface area (Å²) in [6, 6.07) is 12.2. The Morgan fingerprint density at radius 3 is 2.73 bits per heavy atom. The fourth-order valence-corrected chi connectivity index (χ4v) is 4.04. The van der Waals surface area contributed by atoms with E-state index in [2.05, 4.69) is 48.2 Å². The van der Waals surface area contributed by atoms with Crippen molar-refractivity contribution in [2.24, 2.45) is 0 Å². The smallest absolute Gasteiger partial charge is 0.260 e. The number of nitrogens with one attached hydrogen (secondary N) is 2. The first kappa shape index (κ1) is 16.8. The van der Waals surface area contributed by atoms with Crippen molar-refractivity contribution in [2.75, 3.05) is 7.05 Å². The SMILES string of the molecule is Cc1ccc(C[NH+](C)Cc2nc3scc(-c4ccco4)c3c(=O)[nH]2)cc1. The van der Waals surface area contributed by atoms with Crippen LogP contribution < -0.4 is 10.5 Å². The maximum atomic E-state index is 12.6. The quantitative estimate of drug-likeness (QED) is 0.571. The minimum atomic E-state index is -0.110. The second-order valence-corrected chi connectivity index (χ2v) is 7.47. The van der Waals surface area contributed by atoms with Gasteiger partial charge in [0.05, 0.1) is 18.7 Å². The molecule has 4 aromatic rings. The number of hydrogen-bond donors (Lipinski definition) is 2. The van der Waals surface area contributed by atoms with Gasteiger partial charge in [0.2, 0.25) is 0 Å². The Morgan fingerprint density at radius 1 is 1.19 bits per heavy atom. The highest BCUT2D eigenvalue weighted by molar-refractivity contribution is 7.17. The van der Waals surface area contributed by atoms with Gasteiger partial charge in [0.25, 0.3) is 5.56 Å². The molecule has 3 aromatic heterocycles. The number of H-pyrrole nitrogens is 1. The van der Waals surface area contributed by atoms with Gasteiger partial charge in [-0.3, -0.25) is 4.79 Å². The summed E-state index contributed by atoms with van der Waals surface area (Å²) < 4.78 is 5.43. The minimum Gasteiger partial charge on any atom is -0.464 e. The number of benzene rings is 1. The average Bonchev–Trinajstić information content (AvgIpc) is 3.26. The third-order valence-electron chi connectivity index (χ3n) is 4.38. The van der Waals surface area contributed by atoms with Gasteiger partial charge in [0.15, 0.2) is 5.82 Å². The van der Waals surface area contributed by atoms with Crippen molar-refractivity contribution < 1.29 is 9.32 Å². The van der Waals surface area contributed by atoms with Gasteiger partial charge in [-0.15, -0.1) is 11.3 Å². The summed E-state index contributed by atoms with van der Waals surface area (Å²) in [6.45, 7) is 3.62. The lowest BCUT2D eigenvalue weighted by molar-refractivity contribution is -0.908. The van der Waals surface area contributed by atoms with Crippen molar-refractivity contribution in [3.63, 3.8) is 0 Å². The molecule has 0 bridgehead atoms. The monoisotopic (exact) mass is 366 g/mol. The van der Waals surface area contributed by atoms with Gasteiger partial charge in [0.1, 0.15) is 23.7 Å². The number of thiophene rings is 1. The van der Waals surface area contributed by atoms with Crippen LogP contribution in [0.4, 0.5) is 0 Å². The molecule has 0 saturated carbocycles. The van der Waals surface area contributed by atoms with Crippen LogP contribution >= 0.6 is 11.3 Å². The van der Waals surface area contributed by atoms with E-state index in [1.807, 2.05) is 17.5 Å². The van der Waals surface area contributed by atoms with E-state index in [-0.39, 0.29) is 5.56 Å². The minimum absolute atomic E-state index is 0.110. The summed E-state index contributed by atoms with van der Waals surface area (Å²) in [5.74, 6) is 1.40. The Balaban J connectivity index is 1.57. The van der Waals surface area contributed by atoms with Crippen molar-refractivity contribution in [3.05, 3.63) is 75.3 Å². The molecule has 1 aromatic carbocycles. The highest BCUT2D eigenvalue weighted by Crippen LogP contribution is 2.30. The van der Waals surface area contributed by atoms with E-state index >= 15 is 0 Å². The molecule has 6 heteroatoms. The van der Waals surface area contributed by atoms with Crippen molar-refractivity contribution >= 4 is 21.6 Å². The first-order valence-corrected chi connectivity index (χ1v) is 9.39. The lowest BCUT2D eigenvalue weighted by atomic mass is 10.1. The molecular weight excluding hydrogens is 346 g/mol. The third kappa shape index (κ3) is 3.34. The van der Waals surface area contributed by atoms with Crippen LogP contribution in [0.15, 0.2) is 57.3 Å². The van der Waals surface area contributed by atoms with Crippen LogP contribution in [-0.4, -0.2) is 17.0 Å². The molecular formula is C20H20N3O2S+. The maximum Gasteiger partial charge on any atom is 0.260 e. The summed E-state index contributed by atoms with van der Waals surface area (Å²) in [7, 11) is 2.10. The van der Waals surface area contributed by atoms with Gasteiger partial charge in [-0.25, -0.2) is 4.98 Å². The van der Waals surface area contributed by atoms with E-state index in [1.165, 1.54) is 27.4 Å². The summed E-state index contributed by atoms with van der Waals surface area (Å²) >= 11 is 1.47. The Hall–Kier alpha value is -2.70. The molecule has 0 aliphatic rings. The van der Waals surface area contributed by atoms with Crippen molar-refractivity contribution in [3.8, 4) is 11.3 Å². The number of rotatable bonds is 5. The van der Waals surface area contributed by atoms with Gasteiger partial charge in [0, 0.05) is 16.5 Å². The Bertz CT molecular complexity index is 1080. The zero-order chi connectivity index (χ0) is 18.1. The summed E-state index contributed by atoms with van der Waals surface area (Å²) in [5, 5.41) is 2.53. The predicted octanol–water partition coefficient (Wildman–Crippen LogP) is 2.77. The molecule has 132 valence electrons. The number of aryl methyl sites for hydroxylation is 1. The molecule has 1 atom stereocenters. The number of furan rings is 1. The van der Waals surface area contributed by atoms with Crippen LogP contribution in [0.5, 0.6) is 0 Å². The van der Waals surface area contributed by atoms with Crippen LogP contribution in [0.1, 0.15) is 17.0 Å². The van der Waals surface area contributed by atoms with Crippen molar-refractivity contribution in [2.45, 2.75) is 20.0 Å². The zero-order valence-electron chi connectivity index (χ0n) is 14.7. The number of aromatic nitrogens is 2. The molecule has 1 unspecified atom stereocenters. The molecule has 0 amide bonds. The Labute approximate surface area is 154 Å². The molecule has 0 aliphatic heterocycles. The van der Waals surface area contributed by atoms with Gasteiger partial charge in [-0.05, 0) is 19.1 Å². The molecule has 5 nitrogen and oxygen atoms in total. The van der Waals surface area contributed by atoms with Crippen molar-refractivity contribution in [1.29, 1.82) is 0 Å². The van der Waals surface area contributed by atoms with Gasteiger partial charge in [-0.2, -0.15) is 0 Å². The summed E-state index contributed by atoms with van der Waals surface area (Å²) in [5.41, 5.74) is 3.22.